The predicted molar refractivity (Wildman–Crippen MR) is 77.9 cm³/mol. The molecule has 1 atom stereocenters. The van der Waals surface area contributed by atoms with Gasteiger partial charge in [-0.05, 0) is 39.4 Å². The van der Waals surface area contributed by atoms with Gasteiger partial charge >= 0.3 is 0 Å². The molecule has 0 radical (unpaired) electrons. The summed E-state index contributed by atoms with van der Waals surface area (Å²) >= 11 is 0. The van der Waals surface area contributed by atoms with E-state index in [4.69, 9.17) is 0 Å². The van der Waals surface area contributed by atoms with Gasteiger partial charge in [-0.2, -0.15) is 5.26 Å². The molecule has 102 valence electrons. The van der Waals surface area contributed by atoms with Crippen molar-refractivity contribution in [2.45, 2.75) is 37.3 Å². The largest absolute Gasteiger partial charge is 0.312 e. The van der Waals surface area contributed by atoms with Crippen molar-refractivity contribution in [1.82, 2.24) is 10.2 Å². The van der Waals surface area contributed by atoms with Gasteiger partial charge in [0.2, 0.25) is 0 Å². The molecule has 0 spiro atoms. The minimum atomic E-state index is -0.264. The summed E-state index contributed by atoms with van der Waals surface area (Å²) < 4.78 is 0. The van der Waals surface area contributed by atoms with Crippen molar-refractivity contribution < 1.29 is 0 Å². The molecule has 0 saturated heterocycles. The molecule has 0 aromatic heterocycles. The van der Waals surface area contributed by atoms with Gasteiger partial charge in [-0.15, -0.1) is 0 Å². The lowest BCUT2D eigenvalue weighted by atomic mass is 9.62. The van der Waals surface area contributed by atoms with Crippen LogP contribution in [-0.2, 0) is 5.41 Å². The summed E-state index contributed by atoms with van der Waals surface area (Å²) in [6.07, 6.45) is 1.85. The summed E-state index contributed by atoms with van der Waals surface area (Å²) in [4.78, 5) is 2.21. The summed E-state index contributed by atoms with van der Waals surface area (Å²) in [6, 6.07) is 13.7. The fraction of sp³-hybridized carbons (Fsp3) is 0.562. The molecule has 1 aromatic rings. The van der Waals surface area contributed by atoms with Crippen LogP contribution in [0.15, 0.2) is 30.3 Å². The number of hydrogen-bond donors (Lipinski definition) is 1. The summed E-state index contributed by atoms with van der Waals surface area (Å²) in [5.74, 6) is 0. The molecule has 2 rings (SSSR count). The van der Waals surface area contributed by atoms with Crippen molar-refractivity contribution in [3.05, 3.63) is 35.9 Å². The van der Waals surface area contributed by atoms with E-state index >= 15 is 0 Å². The molecule has 0 aliphatic heterocycles. The third-order valence-electron chi connectivity index (χ3n) is 4.31. The van der Waals surface area contributed by atoms with Gasteiger partial charge in [-0.1, -0.05) is 30.3 Å². The van der Waals surface area contributed by atoms with Crippen LogP contribution in [0, 0.1) is 11.3 Å². The number of benzene rings is 1. The highest BCUT2D eigenvalue weighted by atomic mass is 15.1. The Balaban J connectivity index is 1.89. The zero-order chi connectivity index (χ0) is 13.9. The van der Waals surface area contributed by atoms with Crippen LogP contribution in [0.3, 0.4) is 0 Å². The van der Waals surface area contributed by atoms with E-state index in [0.717, 1.165) is 24.9 Å². The van der Waals surface area contributed by atoms with Crippen LogP contribution in [0.4, 0.5) is 0 Å². The molecule has 1 N–H and O–H groups in total. The van der Waals surface area contributed by atoms with Crippen molar-refractivity contribution in [1.29, 1.82) is 5.26 Å². The van der Waals surface area contributed by atoms with Crippen molar-refractivity contribution in [3.63, 3.8) is 0 Å². The lowest BCUT2D eigenvalue weighted by Crippen LogP contribution is -2.53. The van der Waals surface area contributed by atoms with Crippen molar-refractivity contribution in [3.8, 4) is 6.07 Å². The molecule has 1 unspecified atom stereocenters. The number of nitrogens with one attached hydrogen (secondary N) is 1. The Hall–Kier alpha value is -1.37. The molecular formula is C16H23N3. The molecule has 0 amide bonds. The lowest BCUT2D eigenvalue weighted by Gasteiger charge is -2.44. The molecule has 1 saturated carbocycles. The van der Waals surface area contributed by atoms with Crippen molar-refractivity contribution in [2.24, 2.45) is 0 Å². The number of likely N-dealkylation sites (N-methyl/N-ethyl adjacent to an activating group) is 1. The molecule has 1 aliphatic carbocycles. The van der Waals surface area contributed by atoms with Crippen LogP contribution >= 0.6 is 0 Å². The zero-order valence-corrected chi connectivity index (χ0v) is 12.1. The van der Waals surface area contributed by atoms with Gasteiger partial charge in [0.05, 0.1) is 11.5 Å². The van der Waals surface area contributed by atoms with Gasteiger partial charge < -0.3 is 10.2 Å². The van der Waals surface area contributed by atoms with Gasteiger partial charge in [-0.3, -0.25) is 0 Å². The van der Waals surface area contributed by atoms with E-state index in [1.165, 1.54) is 0 Å². The molecule has 3 heteroatoms. The Morgan fingerprint density at radius 1 is 1.37 bits per heavy atom. The minimum absolute atomic E-state index is 0.264. The second-order valence-corrected chi connectivity index (χ2v) is 5.89. The topological polar surface area (TPSA) is 39.1 Å². The fourth-order valence-corrected chi connectivity index (χ4v) is 2.59. The fourth-order valence-electron chi connectivity index (χ4n) is 2.59. The maximum atomic E-state index is 9.49. The number of hydrogen-bond acceptors (Lipinski definition) is 3. The first-order chi connectivity index (χ1) is 9.07. The molecular weight excluding hydrogens is 234 g/mol. The molecule has 0 bridgehead atoms. The second-order valence-electron chi connectivity index (χ2n) is 5.89. The maximum absolute atomic E-state index is 9.49. The highest BCUT2D eigenvalue weighted by Gasteiger charge is 2.45. The average Bonchev–Trinajstić information content (AvgIpc) is 2.38. The predicted octanol–water partition coefficient (Wildman–Crippen LogP) is 2.15. The van der Waals surface area contributed by atoms with Gasteiger partial charge in [-0.25, -0.2) is 0 Å². The van der Waals surface area contributed by atoms with E-state index in [1.807, 2.05) is 18.2 Å². The smallest absolute Gasteiger partial charge is 0.0852 e. The van der Waals surface area contributed by atoms with Gasteiger partial charge in [0, 0.05) is 18.6 Å². The molecule has 1 aliphatic rings. The lowest BCUT2D eigenvalue weighted by molar-refractivity contribution is 0.205. The van der Waals surface area contributed by atoms with E-state index in [1.54, 1.807) is 0 Å². The SMILES string of the molecule is CC(CNC1CC(C#N)(c2ccccc2)C1)N(C)C. The van der Waals surface area contributed by atoms with E-state index in [2.05, 4.69) is 49.4 Å². The third-order valence-corrected chi connectivity index (χ3v) is 4.31. The minimum Gasteiger partial charge on any atom is -0.312 e. The van der Waals surface area contributed by atoms with Crippen LogP contribution in [0.5, 0.6) is 0 Å². The molecule has 1 aromatic carbocycles. The first-order valence-electron chi connectivity index (χ1n) is 6.94. The summed E-state index contributed by atoms with van der Waals surface area (Å²) in [6.45, 7) is 3.19. The Morgan fingerprint density at radius 3 is 2.53 bits per heavy atom. The maximum Gasteiger partial charge on any atom is 0.0852 e. The average molecular weight is 257 g/mol. The van der Waals surface area contributed by atoms with Crippen LogP contribution < -0.4 is 5.32 Å². The number of nitrogens with zero attached hydrogens (tertiary/aromatic N) is 2. The second kappa shape index (κ2) is 5.73. The Kier molecular flexibility index (Phi) is 4.24. The highest BCUT2D eigenvalue weighted by molar-refractivity contribution is 5.36. The Labute approximate surface area is 116 Å². The molecule has 0 heterocycles. The first-order valence-corrected chi connectivity index (χ1v) is 6.94. The van der Waals surface area contributed by atoms with Crippen LogP contribution in [-0.4, -0.2) is 37.6 Å². The third kappa shape index (κ3) is 2.97. The van der Waals surface area contributed by atoms with E-state index in [-0.39, 0.29) is 5.41 Å². The monoisotopic (exact) mass is 257 g/mol. The molecule has 19 heavy (non-hydrogen) atoms. The summed E-state index contributed by atoms with van der Waals surface area (Å²) in [5.41, 5.74) is 0.900. The van der Waals surface area contributed by atoms with Crippen LogP contribution in [0.2, 0.25) is 0 Å². The summed E-state index contributed by atoms with van der Waals surface area (Å²) in [5, 5.41) is 13.1. The number of rotatable bonds is 5. The van der Waals surface area contributed by atoms with E-state index in [9.17, 15) is 5.26 Å². The Bertz CT molecular complexity index is 441. The zero-order valence-electron chi connectivity index (χ0n) is 12.1. The standard InChI is InChI=1S/C16H23N3/c1-13(19(2)3)11-18-15-9-16(10-15,12-17)14-7-5-4-6-8-14/h4-8,13,15,18H,9-11H2,1-3H3. The van der Waals surface area contributed by atoms with Gasteiger partial charge in [0.15, 0.2) is 0 Å². The van der Waals surface area contributed by atoms with Gasteiger partial charge in [0.25, 0.3) is 0 Å². The first kappa shape index (κ1) is 14.0. The van der Waals surface area contributed by atoms with Crippen LogP contribution in [0.1, 0.15) is 25.3 Å². The molecule has 1 fully saturated rings. The number of nitriles is 1. The van der Waals surface area contributed by atoms with E-state index < -0.39 is 0 Å². The van der Waals surface area contributed by atoms with Crippen LogP contribution in [0.25, 0.3) is 0 Å². The van der Waals surface area contributed by atoms with Crippen molar-refractivity contribution >= 4 is 0 Å². The molecule has 3 nitrogen and oxygen atoms in total. The summed E-state index contributed by atoms with van der Waals surface area (Å²) in [7, 11) is 4.19. The highest BCUT2D eigenvalue weighted by Crippen LogP contribution is 2.43. The quantitative estimate of drug-likeness (QED) is 0.878. The van der Waals surface area contributed by atoms with Crippen molar-refractivity contribution in [2.75, 3.05) is 20.6 Å². The Morgan fingerprint density at radius 2 is 2.00 bits per heavy atom. The normalized spacial score (nSPS) is 27.6. The van der Waals surface area contributed by atoms with E-state index in [0.29, 0.717) is 12.1 Å². The van der Waals surface area contributed by atoms with Gasteiger partial charge in [0.1, 0.15) is 0 Å².